The molecule has 0 unspecified atom stereocenters. The zero-order valence-corrected chi connectivity index (χ0v) is 11.8. The molecular formula is C15H21N3. The molecule has 1 heterocycles. The molecule has 1 N–H and O–H groups in total. The number of aromatic nitrogens is 2. The van der Waals surface area contributed by atoms with Gasteiger partial charge in [-0.1, -0.05) is 17.7 Å². The minimum atomic E-state index is 0.794. The normalized spacial score (nSPS) is 10.9. The van der Waals surface area contributed by atoms with Crippen LogP contribution in [0.4, 0.5) is 0 Å². The summed E-state index contributed by atoms with van der Waals surface area (Å²) in [7, 11) is 4.02. The van der Waals surface area contributed by atoms with E-state index < -0.39 is 0 Å². The molecule has 0 aliphatic rings. The predicted octanol–water partition coefficient (Wildman–Crippen LogP) is 2.73. The summed E-state index contributed by atoms with van der Waals surface area (Å²) in [5.41, 5.74) is 6.11. The van der Waals surface area contributed by atoms with Gasteiger partial charge in [-0.2, -0.15) is 0 Å². The lowest BCUT2D eigenvalue weighted by molar-refractivity contribution is 0.701. The van der Waals surface area contributed by atoms with E-state index in [1.807, 2.05) is 7.05 Å². The number of hydrogen-bond donors (Lipinski definition) is 1. The Morgan fingerprint density at radius 1 is 1.22 bits per heavy atom. The Balaban J connectivity index is 2.57. The molecule has 2 rings (SSSR count). The van der Waals surface area contributed by atoms with Crippen molar-refractivity contribution in [3.63, 3.8) is 0 Å². The Morgan fingerprint density at radius 3 is 2.61 bits per heavy atom. The molecule has 3 heteroatoms. The lowest BCUT2D eigenvalue weighted by Crippen LogP contribution is -2.10. The second-order valence-electron chi connectivity index (χ2n) is 4.87. The number of nitrogens with one attached hydrogen (secondary N) is 1. The number of benzene rings is 1. The van der Waals surface area contributed by atoms with Gasteiger partial charge in [0.05, 0.1) is 12.2 Å². The van der Waals surface area contributed by atoms with Gasteiger partial charge in [-0.3, -0.25) is 0 Å². The maximum Gasteiger partial charge on any atom is 0.123 e. The third-order valence-electron chi connectivity index (χ3n) is 3.46. The van der Waals surface area contributed by atoms with E-state index in [0.29, 0.717) is 0 Å². The van der Waals surface area contributed by atoms with Crippen LogP contribution in [0.5, 0.6) is 0 Å². The minimum absolute atomic E-state index is 0.794. The average molecular weight is 243 g/mol. The summed E-state index contributed by atoms with van der Waals surface area (Å²) < 4.78 is 2.16. The SMILES string of the molecule is CNCc1nc(-c2cc(C)ccc2C)c(C)n1C. The van der Waals surface area contributed by atoms with E-state index in [1.165, 1.54) is 22.4 Å². The standard InChI is InChI=1S/C15H21N3/c1-10-6-7-11(2)13(8-10)15-12(3)18(5)14(17-15)9-16-4/h6-8,16H,9H2,1-5H3. The quantitative estimate of drug-likeness (QED) is 0.898. The molecule has 0 saturated carbocycles. The summed E-state index contributed by atoms with van der Waals surface area (Å²) in [6.45, 7) is 7.18. The van der Waals surface area contributed by atoms with Gasteiger partial charge in [0.2, 0.25) is 0 Å². The van der Waals surface area contributed by atoms with Crippen molar-refractivity contribution < 1.29 is 0 Å². The maximum absolute atomic E-state index is 4.77. The molecule has 0 atom stereocenters. The van der Waals surface area contributed by atoms with Gasteiger partial charge in [0.15, 0.2) is 0 Å². The van der Waals surface area contributed by atoms with Crippen LogP contribution in [0.15, 0.2) is 18.2 Å². The first-order valence-electron chi connectivity index (χ1n) is 6.29. The molecular weight excluding hydrogens is 222 g/mol. The van der Waals surface area contributed by atoms with E-state index in [1.54, 1.807) is 0 Å². The number of nitrogens with zero attached hydrogens (tertiary/aromatic N) is 2. The molecule has 0 fully saturated rings. The Hall–Kier alpha value is -1.61. The molecule has 0 saturated heterocycles. The molecule has 18 heavy (non-hydrogen) atoms. The molecule has 0 amide bonds. The molecule has 0 aliphatic heterocycles. The van der Waals surface area contributed by atoms with Crippen LogP contribution in [-0.4, -0.2) is 16.6 Å². The Bertz CT molecular complexity index is 567. The van der Waals surface area contributed by atoms with Crippen molar-refractivity contribution in [1.82, 2.24) is 14.9 Å². The van der Waals surface area contributed by atoms with Gasteiger partial charge in [-0.25, -0.2) is 4.98 Å². The number of hydrogen-bond acceptors (Lipinski definition) is 2. The zero-order valence-electron chi connectivity index (χ0n) is 11.8. The highest BCUT2D eigenvalue weighted by atomic mass is 15.1. The third-order valence-corrected chi connectivity index (χ3v) is 3.46. The minimum Gasteiger partial charge on any atom is -0.334 e. The van der Waals surface area contributed by atoms with E-state index in [9.17, 15) is 0 Å². The van der Waals surface area contributed by atoms with Crippen molar-refractivity contribution in [2.45, 2.75) is 27.3 Å². The summed E-state index contributed by atoms with van der Waals surface area (Å²) in [4.78, 5) is 4.77. The summed E-state index contributed by atoms with van der Waals surface area (Å²) in [5, 5.41) is 3.16. The fourth-order valence-corrected chi connectivity index (χ4v) is 2.20. The van der Waals surface area contributed by atoms with Crippen molar-refractivity contribution in [3.8, 4) is 11.3 Å². The van der Waals surface area contributed by atoms with Crippen LogP contribution in [0.3, 0.4) is 0 Å². The fraction of sp³-hybridized carbons (Fsp3) is 0.400. The van der Waals surface area contributed by atoms with Gasteiger partial charge >= 0.3 is 0 Å². The average Bonchev–Trinajstić information content (AvgIpc) is 2.61. The van der Waals surface area contributed by atoms with Gasteiger partial charge in [0.25, 0.3) is 0 Å². The summed E-state index contributed by atoms with van der Waals surface area (Å²) in [6.07, 6.45) is 0. The lowest BCUT2D eigenvalue weighted by atomic mass is 10.0. The van der Waals surface area contributed by atoms with Crippen molar-refractivity contribution in [2.24, 2.45) is 7.05 Å². The van der Waals surface area contributed by atoms with Crippen LogP contribution in [-0.2, 0) is 13.6 Å². The Labute approximate surface area is 109 Å². The fourth-order valence-electron chi connectivity index (χ4n) is 2.20. The topological polar surface area (TPSA) is 29.9 Å². The smallest absolute Gasteiger partial charge is 0.123 e. The van der Waals surface area contributed by atoms with Gasteiger partial charge in [0, 0.05) is 18.3 Å². The van der Waals surface area contributed by atoms with Crippen LogP contribution in [0, 0.1) is 20.8 Å². The highest BCUT2D eigenvalue weighted by Crippen LogP contribution is 2.27. The van der Waals surface area contributed by atoms with Crippen molar-refractivity contribution in [2.75, 3.05) is 7.05 Å². The number of rotatable bonds is 3. The van der Waals surface area contributed by atoms with Crippen LogP contribution < -0.4 is 5.32 Å². The third kappa shape index (κ3) is 2.18. The van der Waals surface area contributed by atoms with Crippen LogP contribution in [0.2, 0.25) is 0 Å². The Kier molecular flexibility index (Phi) is 3.53. The van der Waals surface area contributed by atoms with Crippen molar-refractivity contribution in [1.29, 1.82) is 0 Å². The predicted molar refractivity (Wildman–Crippen MR) is 75.6 cm³/mol. The van der Waals surface area contributed by atoms with Gasteiger partial charge in [-0.05, 0) is 39.4 Å². The first kappa shape index (κ1) is 12.8. The largest absolute Gasteiger partial charge is 0.334 e. The summed E-state index contributed by atoms with van der Waals surface area (Å²) >= 11 is 0. The second kappa shape index (κ2) is 4.94. The van der Waals surface area contributed by atoms with Gasteiger partial charge < -0.3 is 9.88 Å². The van der Waals surface area contributed by atoms with Gasteiger partial charge in [-0.15, -0.1) is 0 Å². The number of aryl methyl sites for hydroxylation is 2. The van der Waals surface area contributed by atoms with E-state index in [0.717, 1.165) is 18.1 Å². The first-order valence-corrected chi connectivity index (χ1v) is 6.29. The van der Waals surface area contributed by atoms with Crippen LogP contribution >= 0.6 is 0 Å². The molecule has 96 valence electrons. The maximum atomic E-state index is 4.77. The van der Waals surface area contributed by atoms with E-state index in [4.69, 9.17) is 4.98 Å². The second-order valence-corrected chi connectivity index (χ2v) is 4.87. The highest BCUT2D eigenvalue weighted by Gasteiger charge is 2.14. The van der Waals surface area contributed by atoms with Crippen LogP contribution in [0.1, 0.15) is 22.6 Å². The van der Waals surface area contributed by atoms with E-state index in [-0.39, 0.29) is 0 Å². The van der Waals surface area contributed by atoms with E-state index in [2.05, 4.69) is 55.9 Å². The highest BCUT2D eigenvalue weighted by molar-refractivity contribution is 5.67. The molecule has 0 radical (unpaired) electrons. The van der Waals surface area contributed by atoms with Crippen molar-refractivity contribution >= 4 is 0 Å². The molecule has 1 aromatic carbocycles. The Morgan fingerprint density at radius 2 is 1.94 bits per heavy atom. The molecule has 2 aromatic rings. The monoisotopic (exact) mass is 243 g/mol. The van der Waals surface area contributed by atoms with E-state index >= 15 is 0 Å². The molecule has 0 aliphatic carbocycles. The first-order chi connectivity index (χ1) is 8.54. The molecule has 0 bridgehead atoms. The van der Waals surface area contributed by atoms with Crippen molar-refractivity contribution in [3.05, 3.63) is 40.8 Å². The molecule has 3 nitrogen and oxygen atoms in total. The summed E-state index contributed by atoms with van der Waals surface area (Å²) in [5.74, 6) is 1.07. The van der Waals surface area contributed by atoms with Crippen LogP contribution in [0.25, 0.3) is 11.3 Å². The molecule has 0 spiro atoms. The number of imidazole rings is 1. The zero-order chi connectivity index (χ0) is 13.3. The lowest BCUT2D eigenvalue weighted by Gasteiger charge is -2.06. The molecule has 1 aromatic heterocycles. The summed E-state index contributed by atoms with van der Waals surface area (Å²) in [6, 6.07) is 6.52. The van der Waals surface area contributed by atoms with Gasteiger partial charge in [0.1, 0.15) is 5.82 Å².